The molecule has 0 spiro atoms. The van der Waals surface area contributed by atoms with Crippen LogP contribution in [0.1, 0.15) is 11.3 Å². The lowest BCUT2D eigenvalue weighted by Gasteiger charge is -2.10. The number of benzene rings is 1. The molecule has 4 rings (SSSR count). The van der Waals surface area contributed by atoms with E-state index in [-0.39, 0.29) is 23.2 Å². The van der Waals surface area contributed by atoms with Crippen molar-refractivity contribution in [2.24, 2.45) is 7.05 Å². The van der Waals surface area contributed by atoms with Crippen LogP contribution in [0.25, 0.3) is 22.4 Å². The molecule has 3 aromatic heterocycles. The number of rotatable bonds is 3. The molecule has 0 aliphatic heterocycles. The lowest BCUT2D eigenvalue weighted by molar-refractivity contribution is -0.140. The molecule has 6 nitrogen and oxygen atoms in total. The average Bonchev–Trinajstić information content (AvgIpc) is 3.07. The summed E-state index contributed by atoms with van der Waals surface area (Å²) in [7, 11) is 1.50. The maximum atomic E-state index is 12.9. The first-order valence-corrected chi connectivity index (χ1v) is 8.82. The Bertz CT molecular complexity index is 1260. The van der Waals surface area contributed by atoms with E-state index < -0.39 is 11.9 Å². The Hall–Kier alpha value is -3.20. The second kappa shape index (κ2) is 7.00. The quantitative estimate of drug-likeness (QED) is 0.472. The summed E-state index contributed by atoms with van der Waals surface area (Å²) in [4.78, 5) is 24.0. The number of aromatic nitrogens is 5. The highest BCUT2D eigenvalue weighted by Gasteiger charge is 2.34. The number of aryl methyl sites for hydroxylation is 1. The topological polar surface area (TPSA) is 65.6 Å². The van der Waals surface area contributed by atoms with Crippen LogP contribution in [0.5, 0.6) is 0 Å². The summed E-state index contributed by atoms with van der Waals surface area (Å²) in [6.07, 6.45) is -2.03. The molecule has 4 aromatic rings. The van der Waals surface area contributed by atoms with Crippen molar-refractivity contribution in [1.29, 1.82) is 0 Å². The fourth-order valence-electron chi connectivity index (χ4n) is 3.02. The molecular formula is C19H13ClF3N5O. The van der Waals surface area contributed by atoms with Crippen LogP contribution in [0.4, 0.5) is 13.2 Å². The monoisotopic (exact) mass is 419 g/mol. The van der Waals surface area contributed by atoms with Gasteiger partial charge in [0.25, 0.3) is 5.56 Å². The second-order valence-corrected chi connectivity index (χ2v) is 6.77. The highest BCUT2D eigenvalue weighted by Crippen LogP contribution is 2.30. The van der Waals surface area contributed by atoms with Crippen LogP contribution in [0.2, 0.25) is 5.28 Å². The molecule has 0 saturated heterocycles. The highest BCUT2D eigenvalue weighted by molar-refractivity contribution is 6.28. The van der Waals surface area contributed by atoms with E-state index in [1.807, 2.05) is 0 Å². The summed E-state index contributed by atoms with van der Waals surface area (Å²) >= 11 is 5.86. The van der Waals surface area contributed by atoms with Crippen LogP contribution in [0.3, 0.4) is 0 Å². The van der Waals surface area contributed by atoms with Crippen molar-refractivity contribution in [3.05, 3.63) is 75.7 Å². The van der Waals surface area contributed by atoms with Crippen molar-refractivity contribution >= 4 is 22.6 Å². The normalized spacial score (nSPS) is 11.9. The van der Waals surface area contributed by atoms with E-state index in [0.717, 1.165) is 11.8 Å². The molecule has 10 heteroatoms. The largest absolute Gasteiger partial charge is 0.434 e. The molecule has 0 fully saturated rings. The first-order valence-electron chi connectivity index (χ1n) is 8.44. The standard InChI is InChI=1S/C19H13ClF3N5O/c1-27-10-14(19(21,22)23)25-16(27)12-4-2-11(3-5-12)9-28-15(29)7-6-13-8-24-18(20)26-17(13)28/h2-8,10H,9H2,1H3. The fourth-order valence-corrected chi connectivity index (χ4v) is 3.15. The number of fused-ring (bicyclic) bond motifs is 1. The predicted molar refractivity (Wildman–Crippen MR) is 102 cm³/mol. The Balaban J connectivity index is 1.68. The molecule has 0 atom stereocenters. The third-order valence-corrected chi connectivity index (χ3v) is 4.60. The fraction of sp³-hybridized carbons (Fsp3) is 0.158. The maximum absolute atomic E-state index is 12.9. The number of pyridine rings is 1. The minimum absolute atomic E-state index is 0.0300. The minimum atomic E-state index is -4.51. The maximum Gasteiger partial charge on any atom is 0.434 e. The van der Waals surface area contributed by atoms with Crippen molar-refractivity contribution in [2.75, 3.05) is 0 Å². The SMILES string of the molecule is Cn1cc(C(F)(F)F)nc1-c1ccc(Cn2c(=O)ccc3cnc(Cl)nc32)cc1. The zero-order valence-electron chi connectivity index (χ0n) is 15.0. The Kier molecular flexibility index (Phi) is 4.62. The van der Waals surface area contributed by atoms with Gasteiger partial charge in [0.2, 0.25) is 5.28 Å². The zero-order chi connectivity index (χ0) is 20.8. The summed E-state index contributed by atoms with van der Waals surface area (Å²) < 4.78 is 41.4. The second-order valence-electron chi connectivity index (χ2n) is 6.43. The van der Waals surface area contributed by atoms with Gasteiger partial charge in [0.15, 0.2) is 5.69 Å². The molecule has 0 bridgehead atoms. The van der Waals surface area contributed by atoms with Gasteiger partial charge in [-0.2, -0.15) is 18.2 Å². The molecule has 0 amide bonds. The van der Waals surface area contributed by atoms with Gasteiger partial charge in [0, 0.05) is 36.5 Å². The van der Waals surface area contributed by atoms with Crippen molar-refractivity contribution in [3.8, 4) is 11.4 Å². The van der Waals surface area contributed by atoms with Gasteiger partial charge < -0.3 is 4.57 Å². The predicted octanol–water partition coefficient (Wildman–Crippen LogP) is 3.91. The summed E-state index contributed by atoms with van der Waals surface area (Å²) in [5.41, 5.74) is 0.499. The van der Waals surface area contributed by atoms with Gasteiger partial charge in [-0.25, -0.2) is 9.97 Å². The number of hydrogen-bond acceptors (Lipinski definition) is 4. The number of nitrogens with zero attached hydrogens (tertiary/aromatic N) is 5. The van der Waals surface area contributed by atoms with E-state index in [1.54, 1.807) is 30.3 Å². The van der Waals surface area contributed by atoms with Gasteiger partial charge in [0.05, 0.1) is 6.54 Å². The van der Waals surface area contributed by atoms with E-state index >= 15 is 0 Å². The van der Waals surface area contributed by atoms with Crippen LogP contribution >= 0.6 is 11.6 Å². The van der Waals surface area contributed by atoms with Crippen LogP contribution in [-0.2, 0) is 19.8 Å². The zero-order valence-corrected chi connectivity index (χ0v) is 15.7. The van der Waals surface area contributed by atoms with Crippen molar-refractivity contribution in [3.63, 3.8) is 0 Å². The first-order chi connectivity index (χ1) is 13.7. The number of halogens is 4. The van der Waals surface area contributed by atoms with E-state index in [0.29, 0.717) is 16.6 Å². The molecule has 3 heterocycles. The van der Waals surface area contributed by atoms with E-state index in [2.05, 4.69) is 15.0 Å². The molecule has 0 radical (unpaired) electrons. The third-order valence-electron chi connectivity index (χ3n) is 4.41. The minimum Gasteiger partial charge on any atom is -0.333 e. The van der Waals surface area contributed by atoms with Gasteiger partial charge in [-0.05, 0) is 23.2 Å². The molecule has 148 valence electrons. The van der Waals surface area contributed by atoms with Crippen LogP contribution in [-0.4, -0.2) is 24.1 Å². The van der Waals surface area contributed by atoms with E-state index in [9.17, 15) is 18.0 Å². The van der Waals surface area contributed by atoms with Crippen LogP contribution in [0, 0.1) is 0 Å². The summed E-state index contributed by atoms with van der Waals surface area (Å²) in [5, 5.41) is 0.695. The Labute approximate surface area is 167 Å². The Morgan fingerprint density at radius 2 is 1.79 bits per heavy atom. The van der Waals surface area contributed by atoms with Gasteiger partial charge in [-0.15, -0.1) is 0 Å². The Morgan fingerprint density at radius 3 is 2.45 bits per heavy atom. The summed E-state index contributed by atoms with van der Waals surface area (Å²) in [6, 6.07) is 9.82. The molecule has 0 unspecified atom stereocenters. The molecule has 0 saturated carbocycles. The molecule has 0 aliphatic carbocycles. The number of alkyl halides is 3. The third kappa shape index (κ3) is 3.73. The molecular weight excluding hydrogens is 407 g/mol. The first kappa shape index (κ1) is 19.1. The van der Waals surface area contributed by atoms with Crippen LogP contribution in [0.15, 0.2) is 53.6 Å². The Morgan fingerprint density at radius 1 is 1.07 bits per heavy atom. The molecule has 0 N–H and O–H groups in total. The van der Waals surface area contributed by atoms with Crippen molar-refractivity contribution in [2.45, 2.75) is 12.7 Å². The smallest absolute Gasteiger partial charge is 0.333 e. The summed E-state index contributed by atoms with van der Waals surface area (Å²) in [5.74, 6) is 0.200. The number of hydrogen-bond donors (Lipinski definition) is 0. The van der Waals surface area contributed by atoms with E-state index in [1.165, 1.54) is 28.4 Å². The van der Waals surface area contributed by atoms with Gasteiger partial charge in [-0.3, -0.25) is 9.36 Å². The average molecular weight is 420 g/mol. The molecule has 0 aliphatic rings. The highest BCUT2D eigenvalue weighted by atomic mass is 35.5. The van der Waals surface area contributed by atoms with E-state index in [4.69, 9.17) is 11.6 Å². The van der Waals surface area contributed by atoms with Crippen LogP contribution < -0.4 is 5.56 Å². The molecule has 29 heavy (non-hydrogen) atoms. The van der Waals surface area contributed by atoms with Crippen molar-refractivity contribution < 1.29 is 13.2 Å². The number of imidazole rings is 1. The lowest BCUT2D eigenvalue weighted by Crippen LogP contribution is -2.20. The molecule has 1 aromatic carbocycles. The van der Waals surface area contributed by atoms with Crippen molar-refractivity contribution in [1.82, 2.24) is 24.1 Å². The summed E-state index contributed by atoms with van der Waals surface area (Å²) in [6.45, 7) is 0.220. The van der Waals surface area contributed by atoms with Gasteiger partial charge in [0.1, 0.15) is 11.5 Å². The lowest BCUT2D eigenvalue weighted by atomic mass is 10.1. The van der Waals surface area contributed by atoms with Gasteiger partial charge >= 0.3 is 6.18 Å². The van der Waals surface area contributed by atoms with Gasteiger partial charge in [-0.1, -0.05) is 24.3 Å².